The van der Waals surface area contributed by atoms with E-state index in [9.17, 15) is 19.8 Å². The molecule has 0 radical (unpaired) electrons. The van der Waals surface area contributed by atoms with Crippen molar-refractivity contribution in [1.29, 1.82) is 0 Å². The summed E-state index contributed by atoms with van der Waals surface area (Å²) >= 11 is 0. The van der Waals surface area contributed by atoms with Gasteiger partial charge in [-0.3, -0.25) is 19.4 Å². The van der Waals surface area contributed by atoms with E-state index in [1.807, 2.05) is 39.0 Å². The summed E-state index contributed by atoms with van der Waals surface area (Å²) in [5.41, 5.74) is 3.68. The fourth-order valence-corrected chi connectivity index (χ4v) is 7.59. The number of aliphatic hydroxyl groups is 1. The molecule has 38 heavy (non-hydrogen) atoms. The van der Waals surface area contributed by atoms with Crippen molar-refractivity contribution in [3.8, 4) is 5.75 Å². The van der Waals surface area contributed by atoms with Crippen molar-refractivity contribution in [2.24, 2.45) is 23.7 Å². The monoisotopic (exact) mass is 518 g/mol. The SMILES string of the molecule is Cc1cc([C@@H]2C[C@H]3[C@H]4C(=O)N(C5CCN(Cc6ccccc6)CC5)C(=O)[C@H]4C[C@H](C)[C@@]3(O)O2)cc(C)c1O. The summed E-state index contributed by atoms with van der Waals surface area (Å²) in [6, 6.07) is 14.1. The molecule has 0 unspecified atom stereocenters. The number of carbonyl (C=O) groups is 2. The predicted molar refractivity (Wildman–Crippen MR) is 142 cm³/mol. The van der Waals surface area contributed by atoms with E-state index in [4.69, 9.17) is 4.74 Å². The van der Waals surface area contributed by atoms with E-state index in [2.05, 4.69) is 29.2 Å². The molecule has 3 heterocycles. The summed E-state index contributed by atoms with van der Waals surface area (Å²) in [6.07, 6.45) is 2.10. The lowest BCUT2D eigenvalue weighted by Crippen LogP contribution is -2.52. The zero-order valence-corrected chi connectivity index (χ0v) is 22.5. The summed E-state index contributed by atoms with van der Waals surface area (Å²) < 4.78 is 6.33. The number of piperidine rings is 1. The maximum atomic E-state index is 13.9. The summed E-state index contributed by atoms with van der Waals surface area (Å²) in [6.45, 7) is 8.21. The molecule has 2 aromatic rings. The zero-order chi connectivity index (χ0) is 26.8. The Kier molecular flexibility index (Phi) is 6.36. The minimum Gasteiger partial charge on any atom is -0.507 e. The van der Waals surface area contributed by atoms with Gasteiger partial charge in [0.25, 0.3) is 0 Å². The third-order valence-corrected chi connectivity index (χ3v) is 9.64. The maximum absolute atomic E-state index is 13.9. The highest BCUT2D eigenvalue weighted by Crippen LogP contribution is 2.58. The Morgan fingerprint density at radius 3 is 2.32 bits per heavy atom. The molecule has 6 atom stereocenters. The van der Waals surface area contributed by atoms with Crippen molar-refractivity contribution in [2.45, 2.75) is 70.9 Å². The number of fused-ring (bicyclic) bond motifs is 3. The van der Waals surface area contributed by atoms with Crippen LogP contribution in [0.4, 0.5) is 0 Å². The number of aromatic hydroxyl groups is 1. The second-order valence-corrected chi connectivity index (χ2v) is 12.0. The molecule has 7 heteroatoms. The van der Waals surface area contributed by atoms with Crippen molar-refractivity contribution >= 4 is 11.8 Å². The number of amides is 2. The molecule has 202 valence electrons. The number of hydrogen-bond donors (Lipinski definition) is 2. The van der Waals surface area contributed by atoms with Gasteiger partial charge in [-0.25, -0.2) is 0 Å². The van der Waals surface area contributed by atoms with Crippen molar-refractivity contribution in [1.82, 2.24) is 9.80 Å². The van der Waals surface area contributed by atoms with Crippen LogP contribution in [0, 0.1) is 37.5 Å². The molecule has 1 saturated carbocycles. The lowest BCUT2D eigenvalue weighted by atomic mass is 9.65. The number of likely N-dealkylation sites (tertiary alicyclic amines) is 2. The number of imide groups is 1. The van der Waals surface area contributed by atoms with E-state index in [-0.39, 0.29) is 35.6 Å². The topological polar surface area (TPSA) is 90.3 Å². The molecule has 2 aromatic carbocycles. The van der Waals surface area contributed by atoms with Gasteiger partial charge in [-0.2, -0.15) is 0 Å². The number of nitrogens with zero attached hydrogens (tertiary/aromatic N) is 2. The summed E-state index contributed by atoms with van der Waals surface area (Å²) in [5, 5.41) is 22.0. The molecule has 4 fully saturated rings. The van der Waals surface area contributed by atoms with E-state index < -0.39 is 23.5 Å². The Hall–Kier alpha value is -2.74. The molecule has 3 aliphatic heterocycles. The summed E-state index contributed by atoms with van der Waals surface area (Å²) in [4.78, 5) is 31.5. The van der Waals surface area contributed by atoms with Crippen LogP contribution in [-0.4, -0.2) is 56.7 Å². The Morgan fingerprint density at radius 1 is 1.00 bits per heavy atom. The third kappa shape index (κ3) is 4.07. The van der Waals surface area contributed by atoms with Crippen LogP contribution in [0.3, 0.4) is 0 Å². The first-order valence-corrected chi connectivity index (χ1v) is 14.0. The molecular weight excluding hydrogens is 480 g/mol. The molecule has 2 N–H and O–H groups in total. The van der Waals surface area contributed by atoms with E-state index in [0.29, 0.717) is 12.8 Å². The highest BCUT2D eigenvalue weighted by atomic mass is 16.6. The Labute approximate surface area is 224 Å². The van der Waals surface area contributed by atoms with Crippen molar-refractivity contribution in [3.05, 3.63) is 64.7 Å². The summed E-state index contributed by atoms with van der Waals surface area (Å²) in [7, 11) is 0. The van der Waals surface area contributed by atoms with Gasteiger partial charge in [0.05, 0.1) is 17.9 Å². The first kappa shape index (κ1) is 25.5. The lowest BCUT2D eigenvalue weighted by molar-refractivity contribution is -0.265. The van der Waals surface area contributed by atoms with Gasteiger partial charge in [0.1, 0.15) is 5.75 Å². The van der Waals surface area contributed by atoms with Gasteiger partial charge in [0, 0.05) is 37.5 Å². The van der Waals surface area contributed by atoms with Crippen LogP contribution >= 0.6 is 0 Å². The number of phenols is 1. The van der Waals surface area contributed by atoms with E-state index in [1.165, 1.54) is 5.56 Å². The Morgan fingerprint density at radius 2 is 1.66 bits per heavy atom. The fraction of sp³-hybridized carbons (Fsp3) is 0.548. The minimum absolute atomic E-state index is 0.0600. The minimum atomic E-state index is -1.45. The zero-order valence-electron chi connectivity index (χ0n) is 22.5. The molecule has 1 aliphatic carbocycles. The highest BCUT2D eigenvalue weighted by molar-refractivity contribution is 6.05. The third-order valence-electron chi connectivity index (χ3n) is 9.64. The van der Waals surface area contributed by atoms with Gasteiger partial charge in [-0.1, -0.05) is 37.3 Å². The molecule has 0 spiro atoms. The summed E-state index contributed by atoms with van der Waals surface area (Å²) in [5.74, 6) is -3.01. The van der Waals surface area contributed by atoms with Crippen molar-refractivity contribution in [3.63, 3.8) is 0 Å². The molecule has 6 rings (SSSR count). The van der Waals surface area contributed by atoms with E-state index in [0.717, 1.165) is 49.2 Å². The number of ether oxygens (including phenoxy) is 1. The first-order valence-electron chi connectivity index (χ1n) is 14.0. The first-order chi connectivity index (χ1) is 18.2. The highest BCUT2D eigenvalue weighted by Gasteiger charge is 2.66. The van der Waals surface area contributed by atoms with Gasteiger partial charge in [0.2, 0.25) is 11.8 Å². The molecule has 0 bridgehead atoms. The number of hydrogen-bond acceptors (Lipinski definition) is 6. The number of carbonyl (C=O) groups excluding carboxylic acids is 2. The van der Waals surface area contributed by atoms with Crippen LogP contribution in [0.25, 0.3) is 0 Å². The van der Waals surface area contributed by atoms with Crippen LogP contribution in [0.1, 0.15) is 61.0 Å². The Bertz CT molecular complexity index is 1220. The number of rotatable bonds is 4. The lowest BCUT2D eigenvalue weighted by Gasteiger charge is -2.43. The smallest absolute Gasteiger partial charge is 0.233 e. The second kappa shape index (κ2) is 9.47. The van der Waals surface area contributed by atoms with Gasteiger partial charge in [0.15, 0.2) is 5.79 Å². The van der Waals surface area contributed by atoms with E-state index in [1.54, 1.807) is 4.90 Å². The normalized spacial score (nSPS) is 34.0. The molecule has 7 nitrogen and oxygen atoms in total. The predicted octanol–water partition coefficient (Wildman–Crippen LogP) is 4.08. The van der Waals surface area contributed by atoms with Gasteiger partial charge in [-0.15, -0.1) is 0 Å². The Balaban J connectivity index is 1.19. The molecule has 2 amide bonds. The average molecular weight is 519 g/mol. The van der Waals surface area contributed by atoms with Crippen LogP contribution in [0.15, 0.2) is 42.5 Å². The maximum Gasteiger partial charge on any atom is 0.233 e. The van der Waals surface area contributed by atoms with Crippen LogP contribution < -0.4 is 0 Å². The molecule has 4 aliphatic rings. The van der Waals surface area contributed by atoms with E-state index >= 15 is 0 Å². The number of benzene rings is 2. The molecular formula is C31H38N2O5. The largest absolute Gasteiger partial charge is 0.507 e. The van der Waals surface area contributed by atoms with Crippen molar-refractivity contribution < 1.29 is 24.5 Å². The van der Waals surface area contributed by atoms with Crippen LogP contribution in [0.2, 0.25) is 0 Å². The number of aryl methyl sites for hydroxylation is 2. The molecule has 0 aromatic heterocycles. The van der Waals surface area contributed by atoms with Gasteiger partial charge >= 0.3 is 0 Å². The molecule has 3 saturated heterocycles. The number of phenolic OH excluding ortho intramolecular Hbond substituents is 1. The second-order valence-electron chi connectivity index (χ2n) is 12.0. The fourth-order valence-electron chi connectivity index (χ4n) is 7.59. The standard InChI is InChI=1S/C31H38N2O5/c1-18-13-22(14-19(2)28(18)34)26-16-25-27-24(15-20(3)31(25,37)38-26)29(35)33(30(27)36)23-9-11-32(12-10-23)17-21-7-5-4-6-8-21/h4-8,13-14,20,23-27,34,37H,9-12,15-17H2,1-3H3/t20-,24-,25-,26-,27-,31+/m0/s1. The average Bonchev–Trinajstić information content (AvgIpc) is 3.38. The van der Waals surface area contributed by atoms with Crippen LogP contribution in [-0.2, 0) is 20.9 Å². The van der Waals surface area contributed by atoms with Crippen LogP contribution in [0.5, 0.6) is 5.75 Å². The quantitative estimate of drug-likeness (QED) is 0.593. The van der Waals surface area contributed by atoms with Gasteiger partial charge < -0.3 is 14.9 Å². The van der Waals surface area contributed by atoms with Gasteiger partial charge in [-0.05, 0) is 73.9 Å². The van der Waals surface area contributed by atoms with Crippen molar-refractivity contribution in [2.75, 3.05) is 13.1 Å².